The van der Waals surface area contributed by atoms with Crippen LogP contribution in [0.5, 0.6) is 5.75 Å². The highest BCUT2D eigenvalue weighted by molar-refractivity contribution is 9.10. The van der Waals surface area contributed by atoms with Gasteiger partial charge in [0.2, 0.25) is 0 Å². The van der Waals surface area contributed by atoms with Crippen molar-refractivity contribution in [2.75, 3.05) is 13.7 Å². The van der Waals surface area contributed by atoms with Crippen molar-refractivity contribution in [3.63, 3.8) is 0 Å². The van der Waals surface area contributed by atoms with Crippen LogP contribution in [0.2, 0.25) is 5.02 Å². The van der Waals surface area contributed by atoms with E-state index in [1.165, 1.54) is 0 Å². The Hall–Kier alpha value is -0.550. The molecular formula is C16H16Br2ClNO. The molecule has 0 heterocycles. The molecule has 112 valence electrons. The Balaban J connectivity index is 2.42. The fraction of sp³-hybridized carbons (Fsp3) is 0.250. The Morgan fingerprint density at radius 3 is 2.57 bits per heavy atom. The first kappa shape index (κ1) is 16.8. The lowest BCUT2D eigenvalue weighted by Gasteiger charge is -2.20. The Morgan fingerprint density at radius 1 is 1.19 bits per heavy atom. The number of ether oxygens (including phenoxy) is 1. The molecular weight excluding hydrogens is 417 g/mol. The average molecular weight is 434 g/mol. The van der Waals surface area contributed by atoms with Crippen LogP contribution < -0.4 is 10.1 Å². The summed E-state index contributed by atoms with van der Waals surface area (Å²) in [5, 5.41) is 4.04. The number of hydrogen-bond donors (Lipinski definition) is 1. The summed E-state index contributed by atoms with van der Waals surface area (Å²) in [7, 11) is 1.92. The van der Waals surface area contributed by atoms with E-state index in [4.69, 9.17) is 16.3 Å². The smallest absolute Gasteiger partial charge is 0.133 e. The van der Waals surface area contributed by atoms with E-state index in [9.17, 15) is 0 Å². The van der Waals surface area contributed by atoms with Gasteiger partial charge < -0.3 is 10.1 Å². The Morgan fingerprint density at radius 2 is 1.95 bits per heavy atom. The first-order valence-corrected chi connectivity index (χ1v) is 8.58. The molecule has 0 radical (unpaired) electrons. The molecule has 0 aromatic heterocycles. The van der Waals surface area contributed by atoms with E-state index >= 15 is 0 Å². The summed E-state index contributed by atoms with van der Waals surface area (Å²) in [5.74, 6) is 0.844. The van der Waals surface area contributed by atoms with Crippen molar-refractivity contribution in [2.24, 2.45) is 0 Å². The molecule has 0 amide bonds. The van der Waals surface area contributed by atoms with Crippen LogP contribution in [0.4, 0.5) is 0 Å². The standard InChI is InChI=1S/C16H16Br2ClNO/c1-3-21-14-8-7-10(9-13(14)18)16(20-2)11-5-4-6-12(17)15(11)19/h4-9,16,20H,3H2,1-2H3. The van der Waals surface area contributed by atoms with Gasteiger partial charge in [0.1, 0.15) is 5.75 Å². The first-order valence-electron chi connectivity index (χ1n) is 6.61. The van der Waals surface area contributed by atoms with E-state index in [1.54, 1.807) is 0 Å². The predicted octanol–water partition coefficient (Wildman–Crippen LogP) is 5.57. The second-order valence-corrected chi connectivity index (χ2v) is 6.57. The minimum atomic E-state index is 0.0157. The lowest BCUT2D eigenvalue weighted by molar-refractivity contribution is 0.338. The van der Waals surface area contributed by atoms with Crippen LogP contribution in [0.25, 0.3) is 0 Å². The molecule has 2 aromatic rings. The van der Waals surface area contributed by atoms with Gasteiger partial charge >= 0.3 is 0 Å². The number of hydrogen-bond acceptors (Lipinski definition) is 2. The monoisotopic (exact) mass is 431 g/mol. The molecule has 1 atom stereocenters. The van der Waals surface area contributed by atoms with Crippen molar-refractivity contribution in [3.8, 4) is 5.75 Å². The summed E-state index contributed by atoms with van der Waals surface area (Å²) in [4.78, 5) is 0. The van der Waals surface area contributed by atoms with Gasteiger partial charge in [0.25, 0.3) is 0 Å². The van der Waals surface area contributed by atoms with E-state index in [1.807, 2.05) is 44.3 Å². The van der Waals surface area contributed by atoms with Crippen LogP contribution in [-0.2, 0) is 0 Å². The van der Waals surface area contributed by atoms with Crippen molar-refractivity contribution >= 4 is 43.5 Å². The molecule has 2 nitrogen and oxygen atoms in total. The molecule has 2 rings (SSSR count). The summed E-state index contributed by atoms with van der Waals surface area (Å²) < 4.78 is 7.39. The minimum absolute atomic E-state index is 0.0157. The van der Waals surface area contributed by atoms with Crippen LogP contribution in [0, 0.1) is 0 Å². The normalized spacial score (nSPS) is 12.2. The highest BCUT2D eigenvalue weighted by atomic mass is 79.9. The number of benzene rings is 2. The molecule has 1 N–H and O–H groups in total. The number of rotatable bonds is 5. The second kappa shape index (κ2) is 7.63. The molecule has 5 heteroatoms. The zero-order chi connectivity index (χ0) is 15.4. The molecule has 0 saturated carbocycles. The molecule has 0 bridgehead atoms. The Labute approximate surface area is 147 Å². The number of nitrogens with one attached hydrogen (secondary N) is 1. The van der Waals surface area contributed by atoms with E-state index < -0.39 is 0 Å². The topological polar surface area (TPSA) is 21.3 Å². The van der Waals surface area contributed by atoms with E-state index in [0.717, 1.165) is 30.8 Å². The minimum Gasteiger partial charge on any atom is -0.493 e. The maximum Gasteiger partial charge on any atom is 0.133 e. The maximum atomic E-state index is 6.41. The molecule has 2 aromatic carbocycles. The zero-order valence-corrected chi connectivity index (χ0v) is 15.7. The van der Waals surface area contributed by atoms with E-state index in [2.05, 4.69) is 43.2 Å². The van der Waals surface area contributed by atoms with Crippen molar-refractivity contribution in [1.29, 1.82) is 0 Å². The van der Waals surface area contributed by atoms with Crippen LogP contribution in [-0.4, -0.2) is 13.7 Å². The third-order valence-corrected chi connectivity index (χ3v) is 5.10. The van der Waals surface area contributed by atoms with Gasteiger partial charge in [0, 0.05) is 4.47 Å². The molecule has 21 heavy (non-hydrogen) atoms. The van der Waals surface area contributed by atoms with Crippen LogP contribution >= 0.6 is 43.5 Å². The van der Waals surface area contributed by atoms with Gasteiger partial charge in [-0.15, -0.1) is 0 Å². The maximum absolute atomic E-state index is 6.41. The summed E-state index contributed by atoms with van der Waals surface area (Å²) in [5.41, 5.74) is 2.15. The fourth-order valence-electron chi connectivity index (χ4n) is 2.21. The molecule has 0 aliphatic heterocycles. The van der Waals surface area contributed by atoms with Crippen molar-refractivity contribution in [3.05, 3.63) is 61.5 Å². The van der Waals surface area contributed by atoms with Gasteiger partial charge in [-0.25, -0.2) is 0 Å². The van der Waals surface area contributed by atoms with Gasteiger partial charge in [-0.2, -0.15) is 0 Å². The molecule has 0 aliphatic carbocycles. The summed E-state index contributed by atoms with van der Waals surface area (Å²) in [6.45, 7) is 2.61. The summed E-state index contributed by atoms with van der Waals surface area (Å²) in [6.07, 6.45) is 0. The lowest BCUT2D eigenvalue weighted by Crippen LogP contribution is -2.18. The predicted molar refractivity (Wildman–Crippen MR) is 95.4 cm³/mol. The first-order chi connectivity index (χ1) is 10.1. The van der Waals surface area contributed by atoms with Gasteiger partial charge in [-0.05, 0) is 75.2 Å². The largest absolute Gasteiger partial charge is 0.493 e. The van der Waals surface area contributed by atoms with Crippen LogP contribution in [0.15, 0.2) is 45.3 Å². The average Bonchev–Trinajstić information content (AvgIpc) is 2.47. The quantitative estimate of drug-likeness (QED) is 0.665. The molecule has 0 fully saturated rings. The fourth-order valence-corrected chi connectivity index (χ4v) is 3.34. The van der Waals surface area contributed by atoms with Crippen LogP contribution in [0.3, 0.4) is 0 Å². The number of halogens is 3. The van der Waals surface area contributed by atoms with Crippen molar-refractivity contribution < 1.29 is 4.74 Å². The third kappa shape index (κ3) is 3.81. The second-order valence-electron chi connectivity index (χ2n) is 4.49. The lowest BCUT2D eigenvalue weighted by atomic mass is 9.99. The van der Waals surface area contributed by atoms with Crippen molar-refractivity contribution in [1.82, 2.24) is 5.32 Å². The Kier molecular flexibility index (Phi) is 6.11. The van der Waals surface area contributed by atoms with Gasteiger partial charge in [-0.3, -0.25) is 0 Å². The third-order valence-electron chi connectivity index (χ3n) is 3.17. The van der Waals surface area contributed by atoms with Crippen LogP contribution in [0.1, 0.15) is 24.1 Å². The Bertz CT molecular complexity index is 634. The van der Waals surface area contributed by atoms with Crippen molar-refractivity contribution in [2.45, 2.75) is 13.0 Å². The van der Waals surface area contributed by atoms with Gasteiger partial charge in [0.05, 0.1) is 22.1 Å². The van der Waals surface area contributed by atoms with E-state index in [0.29, 0.717) is 6.61 Å². The zero-order valence-electron chi connectivity index (χ0n) is 11.8. The SMILES string of the molecule is CCOc1ccc(C(NC)c2cccc(Br)c2Cl)cc1Br. The molecule has 0 saturated heterocycles. The highest BCUT2D eigenvalue weighted by Gasteiger charge is 2.17. The molecule has 0 spiro atoms. The summed E-state index contributed by atoms with van der Waals surface area (Å²) >= 11 is 13.4. The molecule has 0 aliphatic rings. The summed E-state index contributed by atoms with van der Waals surface area (Å²) in [6, 6.07) is 12.0. The van der Waals surface area contributed by atoms with E-state index in [-0.39, 0.29) is 6.04 Å². The molecule has 1 unspecified atom stereocenters. The highest BCUT2D eigenvalue weighted by Crippen LogP contribution is 2.35. The van der Waals surface area contributed by atoms with Gasteiger partial charge in [-0.1, -0.05) is 29.8 Å². The van der Waals surface area contributed by atoms with Gasteiger partial charge in [0.15, 0.2) is 0 Å².